The van der Waals surface area contributed by atoms with E-state index in [0.29, 0.717) is 29.6 Å². The van der Waals surface area contributed by atoms with E-state index < -0.39 is 5.97 Å². The topological polar surface area (TPSA) is 80.2 Å². The lowest BCUT2D eigenvalue weighted by Crippen LogP contribution is -2.19. The van der Waals surface area contributed by atoms with Crippen molar-refractivity contribution < 1.29 is 9.53 Å². The fourth-order valence-electron chi connectivity index (χ4n) is 2.47. The standard InChI is InChI=1S/C19H19N5O2/c1-24(13-14-8-4-3-5-9-14)17-12-20-23-19(22-17)21-16-11-7-6-10-15(16)18(25)26-2/h3-12H,13H2,1-2H3,(H,21,22,23). The van der Waals surface area contributed by atoms with E-state index in [9.17, 15) is 4.79 Å². The van der Waals surface area contributed by atoms with Gasteiger partial charge in [-0.2, -0.15) is 10.1 Å². The van der Waals surface area contributed by atoms with Gasteiger partial charge in [-0.25, -0.2) is 4.79 Å². The van der Waals surface area contributed by atoms with Gasteiger partial charge in [-0.15, -0.1) is 5.10 Å². The van der Waals surface area contributed by atoms with Crippen LogP contribution in [0.5, 0.6) is 0 Å². The number of ether oxygens (including phenoxy) is 1. The summed E-state index contributed by atoms with van der Waals surface area (Å²) >= 11 is 0. The van der Waals surface area contributed by atoms with Gasteiger partial charge in [0.15, 0.2) is 5.82 Å². The Morgan fingerprint density at radius 3 is 2.62 bits per heavy atom. The number of carbonyl (C=O) groups is 1. The number of para-hydroxylation sites is 1. The van der Waals surface area contributed by atoms with E-state index in [1.807, 2.05) is 36.2 Å². The van der Waals surface area contributed by atoms with E-state index >= 15 is 0 Å². The maximum absolute atomic E-state index is 11.9. The predicted octanol–water partition coefficient (Wildman–Crippen LogP) is 3.04. The fraction of sp³-hybridized carbons (Fsp3) is 0.158. The Kier molecular flexibility index (Phi) is 5.38. The molecule has 0 aliphatic rings. The summed E-state index contributed by atoms with van der Waals surface area (Å²) in [6.45, 7) is 0.692. The Morgan fingerprint density at radius 2 is 1.85 bits per heavy atom. The lowest BCUT2D eigenvalue weighted by Gasteiger charge is -2.18. The predicted molar refractivity (Wildman–Crippen MR) is 99.4 cm³/mol. The molecule has 1 heterocycles. The Morgan fingerprint density at radius 1 is 1.12 bits per heavy atom. The summed E-state index contributed by atoms with van der Waals surface area (Å²) in [5, 5.41) is 11.0. The number of rotatable bonds is 6. The third kappa shape index (κ3) is 4.13. The first-order valence-electron chi connectivity index (χ1n) is 8.06. The van der Waals surface area contributed by atoms with E-state index in [-0.39, 0.29) is 0 Å². The zero-order chi connectivity index (χ0) is 18.4. The van der Waals surface area contributed by atoms with Crippen molar-refractivity contribution in [1.29, 1.82) is 0 Å². The Bertz CT molecular complexity index is 886. The third-order valence-corrected chi connectivity index (χ3v) is 3.78. The summed E-state index contributed by atoms with van der Waals surface area (Å²) in [6, 6.07) is 17.1. The molecule has 0 radical (unpaired) electrons. The van der Waals surface area contributed by atoms with Gasteiger partial charge < -0.3 is 15.0 Å². The van der Waals surface area contributed by atoms with Gasteiger partial charge in [-0.05, 0) is 17.7 Å². The van der Waals surface area contributed by atoms with Crippen LogP contribution in [0.3, 0.4) is 0 Å². The molecule has 1 N–H and O–H groups in total. The Balaban J connectivity index is 1.79. The van der Waals surface area contributed by atoms with Crippen LogP contribution in [0.25, 0.3) is 0 Å². The monoisotopic (exact) mass is 349 g/mol. The summed E-state index contributed by atoms with van der Waals surface area (Å²) in [4.78, 5) is 18.3. The molecule has 3 aromatic rings. The van der Waals surface area contributed by atoms with Gasteiger partial charge in [0.2, 0.25) is 5.95 Å². The summed E-state index contributed by atoms with van der Waals surface area (Å²) in [5.74, 6) is 0.541. The molecule has 0 aliphatic carbocycles. The van der Waals surface area contributed by atoms with Gasteiger partial charge in [0.05, 0.1) is 24.6 Å². The lowest BCUT2D eigenvalue weighted by molar-refractivity contribution is 0.0602. The Labute approximate surface area is 151 Å². The number of hydrogen-bond acceptors (Lipinski definition) is 7. The summed E-state index contributed by atoms with van der Waals surface area (Å²) in [6.07, 6.45) is 1.60. The van der Waals surface area contributed by atoms with Crippen LogP contribution in [0, 0.1) is 0 Å². The first-order valence-corrected chi connectivity index (χ1v) is 8.06. The number of methoxy groups -OCH3 is 1. The van der Waals surface area contributed by atoms with Crippen LogP contribution < -0.4 is 10.2 Å². The van der Waals surface area contributed by atoms with Crippen LogP contribution in [-0.4, -0.2) is 35.3 Å². The van der Waals surface area contributed by atoms with Crippen molar-refractivity contribution in [3.8, 4) is 0 Å². The minimum Gasteiger partial charge on any atom is -0.465 e. The maximum Gasteiger partial charge on any atom is 0.339 e. The van der Waals surface area contributed by atoms with E-state index in [1.165, 1.54) is 12.7 Å². The highest BCUT2D eigenvalue weighted by Gasteiger charge is 2.13. The molecule has 0 saturated heterocycles. The number of carbonyl (C=O) groups excluding carboxylic acids is 1. The SMILES string of the molecule is COC(=O)c1ccccc1Nc1nncc(N(C)Cc2ccccc2)n1. The third-order valence-electron chi connectivity index (χ3n) is 3.78. The van der Waals surface area contributed by atoms with Gasteiger partial charge >= 0.3 is 5.97 Å². The van der Waals surface area contributed by atoms with Gasteiger partial charge in [-0.1, -0.05) is 42.5 Å². The number of anilines is 3. The van der Waals surface area contributed by atoms with E-state index in [0.717, 1.165) is 0 Å². The molecule has 7 heteroatoms. The largest absolute Gasteiger partial charge is 0.465 e. The van der Waals surface area contributed by atoms with E-state index in [2.05, 4.69) is 32.6 Å². The number of nitrogens with one attached hydrogen (secondary N) is 1. The minimum atomic E-state index is -0.432. The minimum absolute atomic E-state index is 0.304. The second kappa shape index (κ2) is 8.06. The molecule has 0 aliphatic heterocycles. The summed E-state index contributed by atoms with van der Waals surface area (Å²) in [5.41, 5.74) is 2.13. The quantitative estimate of drug-likeness (QED) is 0.685. The number of nitrogens with zero attached hydrogens (tertiary/aromatic N) is 4. The molecule has 0 saturated carbocycles. The van der Waals surface area contributed by atoms with Crippen LogP contribution in [0.1, 0.15) is 15.9 Å². The number of benzene rings is 2. The van der Waals surface area contributed by atoms with Gasteiger partial charge in [0.1, 0.15) is 0 Å². The number of aromatic nitrogens is 3. The first kappa shape index (κ1) is 17.3. The molecule has 1 aromatic heterocycles. The van der Waals surface area contributed by atoms with Crippen LogP contribution >= 0.6 is 0 Å². The van der Waals surface area contributed by atoms with Crippen molar-refractivity contribution in [3.05, 3.63) is 71.9 Å². The summed E-state index contributed by atoms with van der Waals surface area (Å²) < 4.78 is 4.80. The zero-order valence-electron chi connectivity index (χ0n) is 14.6. The molecule has 0 amide bonds. The smallest absolute Gasteiger partial charge is 0.339 e. The van der Waals surface area contributed by atoms with Crippen LogP contribution in [0.15, 0.2) is 60.8 Å². The summed E-state index contributed by atoms with van der Waals surface area (Å²) in [7, 11) is 3.28. The molecule has 132 valence electrons. The molecule has 0 bridgehead atoms. The molecule has 7 nitrogen and oxygen atoms in total. The van der Waals surface area contributed by atoms with Crippen molar-refractivity contribution in [2.45, 2.75) is 6.54 Å². The van der Waals surface area contributed by atoms with Crippen molar-refractivity contribution in [1.82, 2.24) is 15.2 Å². The second-order valence-electron chi connectivity index (χ2n) is 5.64. The molecule has 0 atom stereocenters. The molecular formula is C19H19N5O2. The van der Waals surface area contributed by atoms with Crippen molar-refractivity contribution >= 4 is 23.4 Å². The molecule has 3 rings (SSSR count). The number of hydrogen-bond donors (Lipinski definition) is 1. The van der Waals surface area contributed by atoms with Gasteiger partial charge in [-0.3, -0.25) is 0 Å². The van der Waals surface area contributed by atoms with Crippen molar-refractivity contribution in [2.24, 2.45) is 0 Å². The van der Waals surface area contributed by atoms with E-state index in [1.54, 1.807) is 24.4 Å². The van der Waals surface area contributed by atoms with Crippen molar-refractivity contribution in [3.63, 3.8) is 0 Å². The zero-order valence-corrected chi connectivity index (χ0v) is 14.6. The van der Waals surface area contributed by atoms with E-state index in [4.69, 9.17) is 4.74 Å². The van der Waals surface area contributed by atoms with Gasteiger partial charge in [0.25, 0.3) is 0 Å². The highest BCUT2D eigenvalue weighted by molar-refractivity contribution is 5.96. The average Bonchev–Trinajstić information content (AvgIpc) is 2.69. The Hall–Kier alpha value is -3.48. The molecular weight excluding hydrogens is 330 g/mol. The normalized spacial score (nSPS) is 10.2. The van der Waals surface area contributed by atoms with Crippen molar-refractivity contribution in [2.75, 3.05) is 24.4 Å². The molecule has 26 heavy (non-hydrogen) atoms. The highest BCUT2D eigenvalue weighted by atomic mass is 16.5. The van der Waals surface area contributed by atoms with Crippen LogP contribution in [0.4, 0.5) is 17.5 Å². The second-order valence-corrected chi connectivity index (χ2v) is 5.64. The highest BCUT2D eigenvalue weighted by Crippen LogP contribution is 2.20. The molecule has 0 fully saturated rings. The first-order chi connectivity index (χ1) is 12.7. The van der Waals surface area contributed by atoms with Crippen LogP contribution in [0.2, 0.25) is 0 Å². The average molecular weight is 349 g/mol. The molecule has 0 unspecified atom stereocenters. The van der Waals surface area contributed by atoms with Gasteiger partial charge in [0, 0.05) is 13.6 Å². The van der Waals surface area contributed by atoms with Crippen LogP contribution in [-0.2, 0) is 11.3 Å². The fourth-order valence-corrected chi connectivity index (χ4v) is 2.47. The molecule has 2 aromatic carbocycles. The molecule has 0 spiro atoms. The maximum atomic E-state index is 11.9. The lowest BCUT2D eigenvalue weighted by atomic mass is 10.2. The number of esters is 1.